The second kappa shape index (κ2) is 6.04. The van der Waals surface area contributed by atoms with Crippen molar-refractivity contribution in [3.8, 4) is 5.75 Å². The van der Waals surface area contributed by atoms with Gasteiger partial charge < -0.3 is 15.0 Å². The van der Waals surface area contributed by atoms with E-state index in [1.807, 2.05) is 0 Å². The number of ether oxygens (including phenoxy) is 1. The molecule has 2 N–H and O–H groups in total. The van der Waals surface area contributed by atoms with E-state index in [9.17, 15) is 24.5 Å². The summed E-state index contributed by atoms with van der Waals surface area (Å²) < 4.78 is 4.92. The van der Waals surface area contributed by atoms with Gasteiger partial charge in [0.25, 0.3) is 11.8 Å². The van der Waals surface area contributed by atoms with Gasteiger partial charge in [-0.25, -0.2) is 4.79 Å². The minimum atomic E-state index is -0.972. The van der Waals surface area contributed by atoms with Crippen LogP contribution in [0.2, 0.25) is 0 Å². The topological polar surface area (TPSA) is 131 Å². The number of methoxy groups -OCH3 is 1. The molecule has 1 aromatic carbocycles. The van der Waals surface area contributed by atoms with Crippen molar-refractivity contribution >= 4 is 23.5 Å². The molecule has 10 nitrogen and oxygen atoms in total. The Hall–Kier alpha value is -3.17. The largest absolute Gasteiger partial charge is 0.490 e. The van der Waals surface area contributed by atoms with Crippen molar-refractivity contribution in [1.82, 2.24) is 15.5 Å². The minimum Gasteiger partial charge on any atom is -0.490 e. The SMILES string of the molecule is COc1ccc(C(=O)N2CCC3(CC2)NC(=O)NC3=O)cc1[N+](=O)[O-]. The summed E-state index contributed by atoms with van der Waals surface area (Å²) in [6.07, 6.45) is 0.573. The Morgan fingerprint density at radius 1 is 1.32 bits per heavy atom. The molecule has 10 heteroatoms. The molecule has 0 atom stereocenters. The summed E-state index contributed by atoms with van der Waals surface area (Å²) in [6.45, 7) is 0.513. The molecule has 0 saturated carbocycles. The number of imide groups is 1. The van der Waals surface area contributed by atoms with Gasteiger partial charge in [-0.1, -0.05) is 0 Å². The summed E-state index contributed by atoms with van der Waals surface area (Å²) in [5.41, 5.74) is -1.09. The van der Waals surface area contributed by atoms with Crippen LogP contribution in [0.3, 0.4) is 0 Å². The monoisotopic (exact) mass is 348 g/mol. The van der Waals surface area contributed by atoms with E-state index in [0.29, 0.717) is 0 Å². The number of nitrogens with one attached hydrogen (secondary N) is 2. The van der Waals surface area contributed by atoms with Crippen LogP contribution in [-0.2, 0) is 4.79 Å². The van der Waals surface area contributed by atoms with E-state index < -0.39 is 16.5 Å². The minimum absolute atomic E-state index is 0.0736. The predicted octanol–water partition coefficient (Wildman–Crippen LogP) is 0.418. The lowest BCUT2D eigenvalue weighted by Crippen LogP contribution is -2.55. The number of piperidine rings is 1. The fourth-order valence-electron chi connectivity index (χ4n) is 3.12. The molecule has 0 aromatic heterocycles. The Balaban J connectivity index is 1.75. The van der Waals surface area contributed by atoms with E-state index in [0.717, 1.165) is 0 Å². The van der Waals surface area contributed by atoms with Gasteiger partial charge in [0.2, 0.25) is 0 Å². The number of likely N-dealkylation sites (tertiary alicyclic amines) is 1. The average molecular weight is 348 g/mol. The summed E-state index contributed by atoms with van der Waals surface area (Å²) in [5, 5.41) is 15.9. The van der Waals surface area contributed by atoms with Crippen molar-refractivity contribution in [2.75, 3.05) is 20.2 Å². The standard InChI is InChI=1S/C15H16N4O6/c1-25-11-3-2-9(8-10(11)19(23)24)12(20)18-6-4-15(5-7-18)13(21)16-14(22)17-15/h2-3,8H,4-7H2,1H3,(H2,16,17,21,22). The molecule has 2 saturated heterocycles. The van der Waals surface area contributed by atoms with Gasteiger partial charge in [0, 0.05) is 24.7 Å². The lowest BCUT2D eigenvalue weighted by atomic mass is 9.87. The second-order valence-corrected chi connectivity index (χ2v) is 5.93. The van der Waals surface area contributed by atoms with Gasteiger partial charge in [0.05, 0.1) is 12.0 Å². The second-order valence-electron chi connectivity index (χ2n) is 5.93. The van der Waals surface area contributed by atoms with E-state index in [2.05, 4.69) is 10.6 Å². The molecule has 0 unspecified atom stereocenters. The molecule has 0 aliphatic carbocycles. The van der Waals surface area contributed by atoms with Crippen LogP contribution in [-0.4, -0.2) is 53.4 Å². The summed E-state index contributed by atoms with van der Waals surface area (Å²) in [6, 6.07) is 3.48. The molecule has 132 valence electrons. The molecule has 1 spiro atoms. The quantitative estimate of drug-likeness (QED) is 0.462. The van der Waals surface area contributed by atoms with E-state index >= 15 is 0 Å². The van der Waals surface area contributed by atoms with Crippen LogP contribution < -0.4 is 15.4 Å². The smallest absolute Gasteiger partial charge is 0.322 e. The zero-order chi connectivity index (χ0) is 18.2. The molecule has 2 aliphatic rings. The van der Waals surface area contributed by atoms with Gasteiger partial charge in [-0.05, 0) is 25.0 Å². The normalized spacial score (nSPS) is 18.7. The van der Waals surface area contributed by atoms with Crippen molar-refractivity contribution in [3.63, 3.8) is 0 Å². The first kappa shape index (κ1) is 16.7. The summed E-state index contributed by atoms with van der Waals surface area (Å²) in [4.78, 5) is 47.8. The molecule has 0 radical (unpaired) electrons. The summed E-state index contributed by atoms with van der Waals surface area (Å²) >= 11 is 0. The van der Waals surface area contributed by atoms with E-state index in [4.69, 9.17) is 4.74 Å². The molecule has 2 fully saturated rings. The maximum absolute atomic E-state index is 12.6. The van der Waals surface area contributed by atoms with Crippen molar-refractivity contribution < 1.29 is 24.0 Å². The predicted molar refractivity (Wildman–Crippen MR) is 84.2 cm³/mol. The Morgan fingerprint density at radius 2 is 2.00 bits per heavy atom. The first-order valence-electron chi connectivity index (χ1n) is 7.61. The number of nitro groups is 1. The van der Waals surface area contributed by atoms with Crippen molar-refractivity contribution in [1.29, 1.82) is 0 Å². The van der Waals surface area contributed by atoms with Gasteiger partial charge in [0.15, 0.2) is 5.75 Å². The molecule has 4 amide bonds. The highest BCUT2D eigenvalue weighted by Crippen LogP contribution is 2.30. The number of rotatable bonds is 3. The van der Waals surface area contributed by atoms with Crippen molar-refractivity contribution in [2.24, 2.45) is 0 Å². The van der Waals surface area contributed by atoms with Crippen molar-refractivity contribution in [3.05, 3.63) is 33.9 Å². The molecule has 0 bridgehead atoms. The molecular weight excluding hydrogens is 332 g/mol. The number of benzene rings is 1. The van der Waals surface area contributed by atoms with Gasteiger partial charge in [-0.3, -0.25) is 25.0 Å². The number of nitro benzene ring substituents is 1. The molecular formula is C15H16N4O6. The van der Waals surface area contributed by atoms with E-state index in [1.165, 1.54) is 30.2 Å². The third-order valence-electron chi connectivity index (χ3n) is 4.54. The van der Waals surface area contributed by atoms with Crippen LogP contribution in [0.5, 0.6) is 5.75 Å². The molecule has 2 aliphatic heterocycles. The number of carbonyl (C=O) groups is 3. The Morgan fingerprint density at radius 3 is 2.52 bits per heavy atom. The Labute approximate surface area is 142 Å². The zero-order valence-corrected chi connectivity index (χ0v) is 13.4. The molecule has 25 heavy (non-hydrogen) atoms. The van der Waals surface area contributed by atoms with E-state index in [1.54, 1.807) is 0 Å². The highest BCUT2D eigenvalue weighted by Gasteiger charge is 2.48. The van der Waals surface area contributed by atoms with Gasteiger partial charge in [0.1, 0.15) is 5.54 Å². The third kappa shape index (κ3) is 2.86. The Kier molecular flexibility index (Phi) is 4.03. The van der Waals surface area contributed by atoms with Crippen molar-refractivity contribution in [2.45, 2.75) is 18.4 Å². The maximum atomic E-state index is 12.6. The molecule has 1 aromatic rings. The highest BCUT2D eigenvalue weighted by atomic mass is 16.6. The van der Waals surface area contributed by atoms with Crippen LogP contribution in [0.25, 0.3) is 0 Å². The highest BCUT2D eigenvalue weighted by molar-refractivity contribution is 6.07. The number of hydrogen-bond donors (Lipinski definition) is 2. The molecule has 2 heterocycles. The van der Waals surface area contributed by atoms with Crippen LogP contribution in [0, 0.1) is 10.1 Å². The lowest BCUT2D eigenvalue weighted by Gasteiger charge is -2.37. The number of nitrogens with zero attached hydrogens (tertiary/aromatic N) is 2. The summed E-state index contributed by atoms with van der Waals surface area (Å²) in [5.74, 6) is -0.681. The van der Waals surface area contributed by atoms with Gasteiger partial charge >= 0.3 is 11.7 Å². The summed E-state index contributed by atoms with van der Waals surface area (Å²) in [7, 11) is 1.31. The fourth-order valence-corrected chi connectivity index (χ4v) is 3.12. The number of amides is 4. The van der Waals surface area contributed by atoms with E-state index in [-0.39, 0.29) is 54.7 Å². The van der Waals surface area contributed by atoms with Crippen LogP contribution in [0.4, 0.5) is 10.5 Å². The number of carbonyl (C=O) groups excluding carboxylic acids is 3. The van der Waals surface area contributed by atoms with Gasteiger partial charge in [-0.2, -0.15) is 0 Å². The number of urea groups is 1. The first-order chi connectivity index (χ1) is 11.9. The average Bonchev–Trinajstić information content (AvgIpc) is 2.87. The maximum Gasteiger partial charge on any atom is 0.322 e. The molecule has 3 rings (SSSR count). The number of hydrogen-bond acceptors (Lipinski definition) is 6. The lowest BCUT2D eigenvalue weighted by molar-refractivity contribution is -0.385. The zero-order valence-electron chi connectivity index (χ0n) is 13.4. The van der Waals surface area contributed by atoms with Gasteiger partial charge in [-0.15, -0.1) is 0 Å². The van der Waals surface area contributed by atoms with Crippen LogP contribution in [0.15, 0.2) is 18.2 Å². The fraction of sp³-hybridized carbons (Fsp3) is 0.400. The Bertz CT molecular complexity index is 769. The first-order valence-corrected chi connectivity index (χ1v) is 7.61. The van der Waals surface area contributed by atoms with Crippen LogP contribution in [0.1, 0.15) is 23.2 Å². The van der Waals surface area contributed by atoms with Crippen LogP contribution >= 0.6 is 0 Å². The third-order valence-corrected chi connectivity index (χ3v) is 4.54.